The molecule has 3 aliphatic rings. The Morgan fingerprint density at radius 2 is 1.74 bits per heavy atom. The molecule has 2 saturated carbocycles. The standard InChI is InChI=1S/C32H39N3O6S/c1-34-28(22-5-2-21(3-6-22)4-15-31(36)37)18-25-11-14-27(19-29(25)34)42(39,40)33-26-12-9-24(10-13-26)32(38)35-16-17-41-20-30(35)23-7-8-23/h2-3,5-6,11,14,18-19,23-24,26,30,33H,4,7-10,12-13,15-17,20H2,1H3,(H,36,37)/t24?,26?,30-/m1/s1. The van der Waals surface area contributed by atoms with Crippen LogP contribution in [-0.4, -0.2) is 66.7 Å². The molecule has 42 heavy (non-hydrogen) atoms. The van der Waals surface area contributed by atoms with Crippen molar-refractivity contribution in [3.05, 3.63) is 54.1 Å². The van der Waals surface area contributed by atoms with Crippen molar-refractivity contribution in [1.29, 1.82) is 0 Å². The molecule has 9 nitrogen and oxygen atoms in total. The number of carboxylic acid groups (broad SMARTS) is 1. The normalized spacial score (nSPS) is 23.3. The number of aliphatic carboxylic acids is 1. The zero-order valence-electron chi connectivity index (χ0n) is 24.0. The molecule has 1 amide bonds. The van der Waals surface area contributed by atoms with E-state index in [2.05, 4.69) is 4.72 Å². The Morgan fingerprint density at radius 1 is 1.00 bits per heavy atom. The highest BCUT2D eigenvalue weighted by atomic mass is 32.2. The van der Waals surface area contributed by atoms with Crippen LogP contribution < -0.4 is 4.72 Å². The van der Waals surface area contributed by atoms with Gasteiger partial charge in [-0.25, -0.2) is 13.1 Å². The summed E-state index contributed by atoms with van der Waals surface area (Å²) in [7, 11) is -1.82. The first-order valence-electron chi connectivity index (χ1n) is 15.0. The lowest BCUT2D eigenvalue weighted by atomic mass is 9.85. The van der Waals surface area contributed by atoms with Crippen molar-refractivity contribution in [3.63, 3.8) is 0 Å². The molecule has 6 rings (SSSR count). The van der Waals surface area contributed by atoms with Gasteiger partial charge < -0.3 is 19.3 Å². The number of carbonyl (C=O) groups is 2. The molecular weight excluding hydrogens is 554 g/mol. The van der Waals surface area contributed by atoms with Crippen LogP contribution in [0.4, 0.5) is 0 Å². The van der Waals surface area contributed by atoms with E-state index >= 15 is 0 Å². The highest BCUT2D eigenvalue weighted by molar-refractivity contribution is 7.89. The summed E-state index contributed by atoms with van der Waals surface area (Å²) < 4.78 is 37.4. The lowest BCUT2D eigenvalue weighted by Gasteiger charge is -2.39. The average Bonchev–Trinajstić information content (AvgIpc) is 3.79. The molecule has 3 fully saturated rings. The third kappa shape index (κ3) is 6.11. The number of hydrogen-bond donors (Lipinski definition) is 2. The van der Waals surface area contributed by atoms with Gasteiger partial charge in [0.25, 0.3) is 0 Å². The number of rotatable bonds is 9. The zero-order chi connectivity index (χ0) is 29.4. The van der Waals surface area contributed by atoms with E-state index in [-0.39, 0.29) is 35.2 Å². The van der Waals surface area contributed by atoms with Crippen molar-refractivity contribution in [2.75, 3.05) is 19.8 Å². The Morgan fingerprint density at radius 3 is 2.43 bits per heavy atom. The van der Waals surface area contributed by atoms with Gasteiger partial charge in [-0.1, -0.05) is 30.3 Å². The minimum absolute atomic E-state index is 0.0468. The Bertz CT molecular complexity index is 1570. The molecule has 224 valence electrons. The Hall–Kier alpha value is -3.21. The van der Waals surface area contributed by atoms with Crippen molar-refractivity contribution in [2.45, 2.75) is 68.3 Å². The number of sulfonamides is 1. The van der Waals surface area contributed by atoms with Crippen LogP contribution in [0, 0.1) is 11.8 Å². The lowest BCUT2D eigenvalue weighted by Crippen LogP contribution is -2.52. The van der Waals surface area contributed by atoms with Gasteiger partial charge in [0.15, 0.2) is 0 Å². The summed E-state index contributed by atoms with van der Waals surface area (Å²) >= 11 is 0. The van der Waals surface area contributed by atoms with Crippen LogP contribution in [0.5, 0.6) is 0 Å². The van der Waals surface area contributed by atoms with E-state index in [4.69, 9.17) is 9.84 Å². The summed E-state index contributed by atoms with van der Waals surface area (Å²) in [6.07, 6.45) is 5.59. The van der Waals surface area contributed by atoms with Crippen LogP contribution in [0.1, 0.15) is 50.5 Å². The van der Waals surface area contributed by atoms with Crippen molar-refractivity contribution in [3.8, 4) is 11.3 Å². The van der Waals surface area contributed by atoms with Gasteiger partial charge in [-0.3, -0.25) is 9.59 Å². The summed E-state index contributed by atoms with van der Waals surface area (Å²) in [5.41, 5.74) is 3.70. The summed E-state index contributed by atoms with van der Waals surface area (Å²) in [5.74, 6) is -0.0710. The predicted molar refractivity (Wildman–Crippen MR) is 159 cm³/mol. The molecule has 2 aliphatic carbocycles. The Labute approximate surface area is 246 Å². The van der Waals surface area contributed by atoms with E-state index in [0.29, 0.717) is 57.8 Å². The Balaban J connectivity index is 1.10. The Kier molecular flexibility index (Phi) is 8.13. The fraction of sp³-hybridized carbons (Fsp3) is 0.500. The van der Waals surface area contributed by atoms with Gasteiger partial charge in [0.2, 0.25) is 15.9 Å². The van der Waals surface area contributed by atoms with Crippen molar-refractivity contribution >= 4 is 32.8 Å². The van der Waals surface area contributed by atoms with E-state index in [9.17, 15) is 18.0 Å². The van der Waals surface area contributed by atoms with Crippen molar-refractivity contribution < 1.29 is 27.9 Å². The number of nitrogens with zero attached hydrogens (tertiary/aromatic N) is 2. The monoisotopic (exact) mass is 593 g/mol. The van der Waals surface area contributed by atoms with Crippen LogP contribution in [-0.2, 0) is 37.8 Å². The molecule has 0 bridgehead atoms. The second-order valence-electron chi connectivity index (χ2n) is 12.1. The highest BCUT2D eigenvalue weighted by Gasteiger charge is 2.41. The molecule has 1 atom stereocenters. The van der Waals surface area contributed by atoms with E-state index in [1.54, 1.807) is 12.1 Å². The van der Waals surface area contributed by atoms with E-state index < -0.39 is 16.0 Å². The minimum atomic E-state index is -3.74. The molecule has 0 unspecified atom stereocenters. The molecule has 0 spiro atoms. The first kappa shape index (κ1) is 28.9. The maximum absolute atomic E-state index is 13.4. The van der Waals surface area contributed by atoms with Crippen LogP contribution in [0.3, 0.4) is 0 Å². The quantitative estimate of drug-likeness (QED) is 0.381. The number of morpholine rings is 1. The SMILES string of the molecule is Cn1c(-c2ccc(CCC(=O)O)cc2)cc2ccc(S(=O)(=O)NC3CCC(C(=O)N4CCOC[C@@H]4C4CC4)CC3)cc21. The summed E-state index contributed by atoms with van der Waals surface area (Å²) in [6, 6.07) is 15.1. The van der Waals surface area contributed by atoms with Gasteiger partial charge in [0.1, 0.15) is 0 Å². The van der Waals surface area contributed by atoms with Gasteiger partial charge in [-0.2, -0.15) is 0 Å². The van der Waals surface area contributed by atoms with Crippen LogP contribution in [0.2, 0.25) is 0 Å². The number of hydrogen-bond acceptors (Lipinski definition) is 5. The topological polar surface area (TPSA) is 118 Å². The third-order valence-corrected chi connectivity index (χ3v) is 10.7. The molecule has 1 aromatic heterocycles. The number of nitrogens with one attached hydrogen (secondary N) is 1. The van der Waals surface area contributed by atoms with E-state index in [0.717, 1.165) is 27.7 Å². The van der Waals surface area contributed by atoms with E-state index in [1.807, 2.05) is 52.9 Å². The second kappa shape index (κ2) is 11.8. The smallest absolute Gasteiger partial charge is 0.303 e. The fourth-order valence-electron chi connectivity index (χ4n) is 6.60. The fourth-order valence-corrected chi connectivity index (χ4v) is 7.92. The molecule has 2 heterocycles. The molecule has 1 saturated heterocycles. The van der Waals surface area contributed by atoms with Crippen molar-refractivity contribution in [2.24, 2.45) is 18.9 Å². The first-order valence-corrected chi connectivity index (χ1v) is 16.5. The van der Waals surface area contributed by atoms with Crippen LogP contribution in [0.25, 0.3) is 22.2 Å². The van der Waals surface area contributed by atoms with E-state index in [1.165, 1.54) is 12.8 Å². The summed E-state index contributed by atoms with van der Waals surface area (Å²) in [6.45, 7) is 1.89. The van der Waals surface area contributed by atoms with Gasteiger partial charge in [-0.15, -0.1) is 0 Å². The number of benzene rings is 2. The maximum Gasteiger partial charge on any atom is 0.303 e. The molecule has 1 aliphatic heterocycles. The minimum Gasteiger partial charge on any atom is -0.481 e. The lowest BCUT2D eigenvalue weighted by molar-refractivity contribution is -0.146. The number of carbonyl (C=O) groups excluding carboxylic acids is 1. The number of ether oxygens (including phenoxy) is 1. The number of fused-ring (bicyclic) bond motifs is 1. The molecule has 2 N–H and O–H groups in total. The molecule has 10 heteroatoms. The summed E-state index contributed by atoms with van der Waals surface area (Å²) in [5, 5.41) is 9.87. The highest BCUT2D eigenvalue weighted by Crippen LogP contribution is 2.38. The number of aromatic nitrogens is 1. The predicted octanol–water partition coefficient (Wildman–Crippen LogP) is 4.34. The number of amides is 1. The summed E-state index contributed by atoms with van der Waals surface area (Å²) in [4.78, 5) is 26.5. The number of aryl methyl sites for hydroxylation is 2. The number of carboxylic acids is 1. The van der Waals surface area contributed by atoms with Gasteiger partial charge >= 0.3 is 5.97 Å². The van der Waals surface area contributed by atoms with Crippen molar-refractivity contribution in [1.82, 2.24) is 14.2 Å². The first-order chi connectivity index (χ1) is 20.2. The molecule has 2 aromatic carbocycles. The van der Waals surface area contributed by atoms with Gasteiger partial charge in [-0.05, 0) is 80.2 Å². The van der Waals surface area contributed by atoms with Crippen LogP contribution >= 0.6 is 0 Å². The maximum atomic E-state index is 13.4. The zero-order valence-corrected chi connectivity index (χ0v) is 24.8. The third-order valence-electron chi connectivity index (χ3n) is 9.22. The van der Waals surface area contributed by atoms with Crippen LogP contribution in [0.15, 0.2) is 53.4 Å². The second-order valence-corrected chi connectivity index (χ2v) is 13.8. The molecule has 3 aromatic rings. The molecular formula is C32H39N3O6S. The average molecular weight is 594 g/mol. The largest absolute Gasteiger partial charge is 0.481 e. The van der Waals surface area contributed by atoms with Gasteiger partial charge in [0.05, 0.1) is 24.2 Å². The van der Waals surface area contributed by atoms with Gasteiger partial charge in [0, 0.05) is 48.6 Å². The molecule has 0 radical (unpaired) electrons.